The molecule has 0 amide bonds. The second kappa shape index (κ2) is 11.1. The predicted octanol–water partition coefficient (Wildman–Crippen LogP) is 7.98. The summed E-state index contributed by atoms with van der Waals surface area (Å²) in [6, 6.07) is 19.3. The number of carbonyl (C=O) groups is 1. The summed E-state index contributed by atoms with van der Waals surface area (Å²) in [5, 5.41) is 13.5. The van der Waals surface area contributed by atoms with Gasteiger partial charge in [-0.1, -0.05) is 63.9 Å². The third-order valence-corrected chi connectivity index (χ3v) is 6.61. The second-order valence-corrected chi connectivity index (χ2v) is 10.5. The average Bonchev–Trinajstić information content (AvgIpc) is 3.25. The monoisotopic (exact) mass is 657 g/mol. The van der Waals surface area contributed by atoms with Gasteiger partial charge >= 0.3 is 0 Å². The molecule has 3 aromatic carbocycles. The number of carbonyl (C=O) groups excluding carboxylic acids is 1. The van der Waals surface area contributed by atoms with Crippen molar-refractivity contribution in [2.75, 3.05) is 0 Å². The van der Waals surface area contributed by atoms with E-state index in [0.717, 1.165) is 17.7 Å². The molecule has 1 aliphatic rings. The van der Waals surface area contributed by atoms with Crippen molar-refractivity contribution in [1.29, 1.82) is 0 Å². The van der Waals surface area contributed by atoms with Gasteiger partial charge in [-0.3, -0.25) is 4.79 Å². The first kappa shape index (κ1) is 27.8. The molecule has 4 aromatic rings. The van der Waals surface area contributed by atoms with Crippen LogP contribution in [0.5, 0.6) is 0 Å². The van der Waals surface area contributed by atoms with Crippen molar-refractivity contribution >= 4 is 27.3 Å². The van der Waals surface area contributed by atoms with Gasteiger partial charge in [-0.15, -0.1) is 34.4 Å². The van der Waals surface area contributed by atoms with Gasteiger partial charge in [-0.2, -0.15) is 0 Å². The summed E-state index contributed by atoms with van der Waals surface area (Å²) in [6.07, 6.45) is 6.69. The van der Waals surface area contributed by atoms with Crippen molar-refractivity contribution in [3.8, 4) is 11.3 Å². The molecule has 0 spiro atoms. The number of aromatic nitrogens is 1. The van der Waals surface area contributed by atoms with Gasteiger partial charge in [0.15, 0.2) is 5.78 Å². The quantitative estimate of drug-likeness (QED) is 0.103. The maximum absolute atomic E-state index is 10.0. The molecule has 189 valence electrons. The minimum absolute atomic E-state index is 0. The van der Waals surface area contributed by atoms with E-state index in [1.54, 1.807) is 0 Å². The van der Waals surface area contributed by atoms with Crippen molar-refractivity contribution < 1.29 is 30.0 Å². The number of aryl methyl sites for hydroxylation is 2. The van der Waals surface area contributed by atoms with Crippen LogP contribution in [0.2, 0.25) is 0 Å². The zero-order valence-electron chi connectivity index (χ0n) is 22.0. The van der Waals surface area contributed by atoms with Gasteiger partial charge in [0.1, 0.15) is 0 Å². The van der Waals surface area contributed by atoms with Gasteiger partial charge in [-0.05, 0) is 71.5 Å². The van der Waals surface area contributed by atoms with Crippen LogP contribution in [0, 0.1) is 13.0 Å². The van der Waals surface area contributed by atoms with Crippen LogP contribution in [0.1, 0.15) is 63.3 Å². The van der Waals surface area contributed by atoms with E-state index in [4.69, 9.17) is 10.1 Å². The molecule has 1 radical (unpaired) electrons. The Morgan fingerprint density at radius 2 is 1.69 bits per heavy atom. The summed E-state index contributed by atoms with van der Waals surface area (Å²) in [4.78, 5) is 14.8. The molecule has 0 bridgehead atoms. The number of pyridine rings is 1. The van der Waals surface area contributed by atoms with Gasteiger partial charge < -0.3 is 10.1 Å². The molecule has 1 aliphatic carbocycles. The molecule has 0 unspecified atom stereocenters. The number of hydrogen-bond donors (Lipinski definition) is 1. The Bertz CT molecular complexity index is 1460. The number of allylic oxidation sites excluding steroid dienone is 2. The number of hydrogen-bond acceptors (Lipinski definition) is 3. The van der Waals surface area contributed by atoms with Crippen LogP contribution in [0.25, 0.3) is 32.8 Å². The molecule has 0 atom stereocenters. The molecule has 0 fully saturated rings. The molecule has 0 aliphatic heterocycles. The number of rotatable bonds is 2. The van der Waals surface area contributed by atoms with Crippen molar-refractivity contribution in [1.82, 2.24) is 4.98 Å². The second-order valence-electron chi connectivity index (χ2n) is 10.5. The Kier molecular flexibility index (Phi) is 8.54. The molecule has 3 nitrogen and oxygen atoms in total. The fourth-order valence-electron chi connectivity index (χ4n) is 5.09. The Morgan fingerprint density at radius 3 is 2.33 bits per heavy atom. The van der Waals surface area contributed by atoms with Gasteiger partial charge in [-0.25, -0.2) is 0 Å². The van der Waals surface area contributed by atoms with Crippen molar-refractivity contribution in [3.05, 3.63) is 88.8 Å². The van der Waals surface area contributed by atoms with Gasteiger partial charge in [0, 0.05) is 32.4 Å². The molecular formula is C32H34IrNO2-. The van der Waals surface area contributed by atoms with Crippen LogP contribution in [-0.2, 0) is 43.2 Å². The topological polar surface area (TPSA) is 50.2 Å². The number of nitrogens with zero attached hydrogens (tertiary/aromatic N) is 1. The average molecular weight is 657 g/mol. The Hall–Kier alpha value is -2.81. The van der Waals surface area contributed by atoms with Crippen LogP contribution in [-0.4, -0.2) is 15.9 Å². The summed E-state index contributed by atoms with van der Waals surface area (Å²) >= 11 is 0. The first-order valence-corrected chi connectivity index (χ1v) is 12.3. The maximum atomic E-state index is 10.0. The third kappa shape index (κ3) is 5.77. The number of aliphatic hydroxyl groups is 1. The van der Waals surface area contributed by atoms with Gasteiger partial charge in [0.05, 0.1) is 5.76 Å². The van der Waals surface area contributed by atoms with E-state index in [1.165, 1.54) is 76.6 Å². The fourth-order valence-corrected chi connectivity index (χ4v) is 5.09. The molecule has 1 heterocycles. The predicted molar refractivity (Wildman–Crippen MR) is 146 cm³/mol. The Labute approximate surface area is 228 Å². The number of benzene rings is 3. The van der Waals surface area contributed by atoms with E-state index < -0.39 is 0 Å². The minimum atomic E-state index is -0.125. The molecule has 36 heavy (non-hydrogen) atoms. The Morgan fingerprint density at radius 1 is 1.00 bits per heavy atom. The summed E-state index contributed by atoms with van der Waals surface area (Å²) < 4.78 is 0. The van der Waals surface area contributed by atoms with E-state index in [2.05, 4.69) is 76.2 Å². The maximum Gasteiger partial charge on any atom is 0.155 e. The molecule has 0 saturated heterocycles. The first-order valence-electron chi connectivity index (χ1n) is 12.3. The standard InChI is InChI=1S/C27H26N.C5H8O2.Ir/c1-17-7-5-10-22-20(17)11-12-24-23(22)13-14-28-26(24)19-15-18-8-6-9-21(18)25(16-19)27(2,3)4;1-4(6)3-5(2)7;/h5,7,10-14,16H,6,8-9H2,1-4H3;3,6H,1-2H3;/q-1;;/b;4-3-;. The minimum Gasteiger partial charge on any atom is -0.512 e. The fraction of sp³-hybridized carbons (Fsp3) is 0.312. The third-order valence-electron chi connectivity index (χ3n) is 6.61. The Balaban J connectivity index is 0.000000400. The van der Waals surface area contributed by atoms with E-state index in [1.807, 2.05) is 6.20 Å². The van der Waals surface area contributed by atoms with E-state index in [-0.39, 0.29) is 37.1 Å². The molecule has 0 saturated carbocycles. The zero-order valence-corrected chi connectivity index (χ0v) is 24.3. The van der Waals surface area contributed by atoms with Gasteiger partial charge in [0.25, 0.3) is 0 Å². The van der Waals surface area contributed by atoms with Crippen LogP contribution in [0.15, 0.2) is 60.5 Å². The van der Waals surface area contributed by atoms with Gasteiger partial charge in [0.2, 0.25) is 0 Å². The van der Waals surface area contributed by atoms with E-state index in [9.17, 15) is 4.79 Å². The molecule has 4 heteroatoms. The number of ketones is 1. The smallest absolute Gasteiger partial charge is 0.155 e. The number of aliphatic hydroxyl groups excluding tert-OH is 1. The van der Waals surface area contributed by atoms with Crippen molar-refractivity contribution in [2.45, 2.75) is 66.2 Å². The van der Waals surface area contributed by atoms with E-state index >= 15 is 0 Å². The molecule has 1 N–H and O–H groups in total. The first-order chi connectivity index (χ1) is 16.6. The summed E-state index contributed by atoms with van der Waals surface area (Å²) in [7, 11) is 0. The molecule has 5 rings (SSSR count). The SMILES string of the molecule is CC(=O)/C=C(/C)O.Cc1cccc2c1ccc1c(-c3[c-]c4c(c(C(C)(C)C)c3)CCC4)nccc12.[Ir]. The van der Waals surface area contributed by atoms with Crippen LogP contribution in [0.4, 0.5) is 0 Å². The largest absolute Gasteiger partial charge is 0.512 e. The molecule has 1 aromatic heterocycles. The zero-order chi connectivity index (χ0) is 25.3. The summed E-state index contributed by atoms with van der Waals surface area (Å²) in [5.41, 5.74) is 8.04. The number of fused-ring (bicyclic) bond motifs is 4. The normalized spacial score (nSPS) is 13.1. The van der Waals surface area contributed by atoms with E-state index in [0.29, 0.717) is 0 Å². The summed E-state index contributed by atoms with van der Waals surface area (Å²) in [6.45, 7) is 12.0. The van der Waals surface area contributed by atoms with Crippen LogP contribution >= 0.6 is 0 Å². The van der Waals surface area contributed by atoms with Crippen molar-refractivity contribution in [3.63, 3.8) is 0 Å². The van der Waals surface area contributed by atoms with Crippen LogP contribution in [0.3, 0.4) is 0 Å². The van der Waals surface area contributed by atoms with Crippen LogP contribution < -0.4 is 0 Å². The molecular weight excluding hydrogens is 623 g/mol. The van der Waals surface area contributed by atoms with Crippen molar-refractivity contribution in [2.24, 2.45) is 0 Å². The summed E-state index contributed by atoms with van der Waals surface area (Å²) in [5.74, 6) is -0.0625.